The Morgan fingerprint density at radius 1 is 0.964 bits per heavy atom. The zero-order valence-corrected chi connectivity index (χ0v) is 16.2. The van der Waals surface area contributed by atoms with Crippen molar-refractivity contribution in [2.24, 2.45) is 0 Å². The molecular weight excluding hydrogens is 405 g/mol. The first-order valence-corrected chi connectivity index (χ1v) is 9.15. The van der Waals surface area contributed by atoms with Gasteiger partial charge in [0.05, 0.1) is 23.7 Å². The highest BCUT2D eigenvalue weighted by Gasteiger charge is 2.19. The maximum absolute atomic E-state index is 14.0. The van der Waals surface area contributed by atoms with Crippen LogP contribution in [0.2, 0.25) is 10.0 Å². The minimum Gasteiger partial charge on any atom is -0.496 e. The molecule has 0 atom stereocenters. The fourth-order valence-electron chi connectivity index (χ4n) is 3.15. The molecular formula is C21H14Cl2F2N2O. The molecule has 3 aromatic carbocycles. The van der Waals surface area contributed by atoms with E-state index in [1.165, 1.54) is 7.11 Å². The lowest BCUT2D eigenvalue weighted by Gasteiger charge is -2.13. The van der Waals surface area contributed by atoms with E-state index in [-0.39, 0.29) is 0 Å². The Morgan fingerprint density at radius 2 is 1.71 bits per heavy atom. The van der Waals surface area contributed by atoms with Gasteiger partial charge in [0.25, 0.3) is 0 Å². The van der Waals surface area contributed by atoms with Gasteiger partial charge in [-0.3, -0.25) is 0 Å². The van der Waals surface area contributed by atoms with Crippen LogP contribution in [-0.4, -0.2) is 16.7 Å². The highest BCUT2D eigenvalue weighted by Crippen LogP contribution is 2.35. The molecule has 0 amide bonds. The van der Waals surface area contributed by atoms with E-state index in [9.17, 15) is 8.78 Å². The molecule has 0 saturated heterocycles. The van der Waals surface area contributed by atoms with Crippen LogP contribution in [0.3, 0.4) is 0 Å². The molecule has 0 saturated carbocycles. The number of nitrogens with zero attached hydrogens (tertiary/aromatic N) is 2. The van der Waals surface area contributed by atoms with Gasteiger partial charge in [0, 0.05) is 28.7 Å². The van der Waals surface area contributed by atoms with Crippen LogP contribution in [0.15, 0.2) is 54.6 Å². The Morgan fingerprint density at radius 3 is 2.46 bits per heavy atom. The Bertz CT molecular complexity index is 1190. The van der Waals surface area contributed by atoms with Crippen molar-refractivity contribution in [1.29, 1.82) is 0 Å². The standard InChI is InChI=1S/C21H14Cl2F2N2O/c1-28-20-8-14(23)5-6-15(20)21-26-18-9-16(24)17(25)10-19(18)27(21)11-12-3-2-4-13(22)7-12/h2-10H,11H2,1H3. The summed E-state index contributed by atoms with van der Waals surface area (Å²) in [5, 5.41) is 1.10. The number of halogens is 4. The lowest BCUT2D eigenvalue weighted by Crippen LogP contribution is -2.03. The first-order valence-electron chi connectivity index (χ1n) is 8.40. The van der Waals surface area contributed by atoms with E-state index in [0.717, 1.165) is 17.7 Å². The van der Waals surface area contributed by atoms with E-state index >= 15 is 0 Å². The molecule has 3 nitrogen and oxygen atoms in total. The van der Waals surface area contributed by atoms with Gasteiger partial charge in [0.15, 0.2) is 11.6 Å². The van der Waals surface area contributed by atoms with E-state index in [1.54, 1.807) is 28.8 Å². The number of rotatable bonds is 4. The normalized spacial score (nSPS) is 11.2. The fraction of sp³-hybridized carbons (Fsp3) is 0.0952. The van der Waals surface area contributed by atoms with Crippen LogP contribution < -0.4 is 4.74 Å². The van der Waals surface area contributed by atoms with Gasteiger partial charge in [0.1, 0.15) is 11.6 Å². The van der Waals surface area contributed by atoms with Crippen LogP contribution >= 0.6 is 23.2 Å². The van der Waals surface area contributed by atoms with Gasteiger partial charge >= 0.3 is 0 Å². The molecule has 1 heterocycles. The third-order valence-corrected chi connectivity index (χ3v) is 4.89. The monoisotopic (exact) mass is 418 g/mol. The number of fused-ring (bicyclic) bond motifs is 1. The fourth-order valence-corrected chi connectivity index (χ4v) is 3.53. The van der Waals surface area contributed by atoms with Gasteiger partial charge in [-0.1, -0.05) is 35.3 Å². The van der Waals surface area contributed by atoms with E-state index in [0.29, 0.717) is 44.8 Å². The van der Waals surface area contributed by atoms with Crippen LogP contribution in [0.1, 0.15) is 5.56 Å². The molecule has 0 fully saturated rings. The summed E-state index contributed by atoms with van der Waals surface area (Å²) in [6.45, 7) is 0.364. The number of ether oxygens (including phenoxy) is 1. The summed E-state index contributed by atoms with van der Waals surface area (Å²) >= 11 is 12.2. The van der Waals surface area contributed by atoms with Crippen LogP contribution in [-0.2, 0) is 6.54 Å². The van der Waals surface area contributed by atoms with Crippen LogP contribution in [0.5, 0.6) is 5.75 Å². The second-order valence-corrected chi connectivity index (χ2v) is 7.12. The lowest BCUT2D eigenvalue weighted by molar-refractivity contribution is 0.416. The topological polar surface area (TPSA) is 27.1 Å². The Balaban J connectivity index is 1.97. The van der Waals surface area contributed by atoms with Crippen molar-refractivity contribution < 1.29 is 13.5 Å². The minimum atomic E-state index is -0.950. The van der Waals surface area contributed by atoms with Gasteiger partial charge in [-0.2, -0.15) is 0 Å². The molecule has 0 radical (unpaired) electrons. The highest BCUT2D eigenvalue weighted by molar-refractivity contribution is 6.31. The van der Waals surface area contributed by atoms with Crippen molar-refractivity contribution in [3.63, 3.8) is 0 Å². The van der Waals surface area contributed by atoms with Gasteiger partial charge in [0.2, 0.25) is 0 Å². The van der Waals surface area contributed by atoms with E-state index in [2.05, 4.69) is 4.98 Å². The van der Waals surface area contributed by atoms with E-state index < -0.39 is 11.6 Å². The molecule has 0 spiro atoms. The maximum Gasteiger partial charge on any atom is 0.161 e. The molecule has 1 aromatic heterocycles. The average molecular weight is 419 g/mol. The Kier molecular flexibility index (Phi) is 4.96. The molecule has 7 heteroatoms. The number of methoxy groups -OCH3 is 1. The lowest BCUT2D eigenvalue weighted by atomic mass is 10.1. The predicted octanol–water partition coefficient (Wildman–Crippen LogP) is 6.35. The van der Waals surface area contributed by atoms with E-state index in [4.69, 9.17) is 27.9 Å². The van der Waals surface area contributed by atoms with E-state index in [1.807, 2.05) is 18.2 Å². The van der Waals surface area contributed by atoms with Gasteiger partial charge in [-0.25, -0.2) is 13.8 Å². The smallest absolute Gasteiger partial charge is 0.161 e. The molecule has 4 rings (SSSR count). The molecule has 0 unspecified atom stereocenters. The summed E-state index contributed by atoms with van der Waals surface area (Å²) in [4.78, 5) is 4.54. The Labute approximate surface area is 170 Å². The largest absolute Gasteiger partial charge is 0.496 e. The number of benzene rings is 3. The van der Waals surface area contributed by atoms with Crippen LogP contribution in [0.25, 0.3) is 22.4 Å². The molecule has 0 aliphatic rings. The molecule has 0 N–H and O–H groups in total. The zero-order chi connectivity index (χ0) is 19.8. The maximum atomic E-state index is 14.0. The summed E-state index contributed by atoms with van der Waals surface area (Å²) in [6, 6.07) is 14.7. The van der Waals surface area contributed by atoms with Crippen molar-refractivity contribution in [3.05, 3.63) is 81.8 Å². The molecule has 4 aromatic rings. The van der Waals surface area contributed by atoms with Crippen LogP contribution in [0, 0.1) is 11.6 Å². The van der Waals surface area contributed by atoms with Crippen molar-refractivity contribution >= 4 is 34.2 Å². The Hall–Kier alpha value is -2.63. The predicted molar refractivity (Wildman–Crippen MR) is 107 cm³/mol. The molecule has 142 valence electrons. The first kappa shape index (κ1) is 18.7. The molecule has 0 aliphatic carbocycles. The number of imidazole rings is 1. The van der Waals surface area contributed by atoms with Crippen molar-refractivity contribution in [1.82, 2.24) is 9.55 Å². The third kappa shape index (κ3) is 3.43. The van der Waals surface area contributed by atoms with Crippen molar-refractivity contribution in [2.75, 3.05) is 7.11 Å². The molecule has 0 bridgehead atoms. The summed E-state index contributed by atoms with van der Waals surface area (Å²) < 4.78 is 35.0. The third-order valence-electron chi connectivity index (χ3n) is 4.42. The number of hydrogen-bond donors (Lipinski definition) is 0. The quantitative estimate of drug-likeness (QED) is 0.386. The van der Waals surface area contributed by atoms with Crippen molar-refractivity contribution in [2.45, 2.75) is 6.54 Å². The van der Waals surface area contributed by atoms with Crippen molar-refractivity contribution in [3.8, 4) is 17.1 Å². The minimum absolute atomic E-state index is 0.341. The summed E-state index contributed by atoms with van der Waals surface area (Å²) in [5.74, 6) is -0.867. The second kappa shape index (κ2) is 7.41. The second-order valence-electron chi connectivity index (χ2n) is 6.25. The SMILES string of the molecule is COc1cc(Cl)ccc1-c1nc2cc(F)c(F)cc2n1Cc1cccc(Cl)c1. The average Bonchev–Trinajstić information content (AvgIpc) is 2.99. The number of aromatic nitrogens is 2. The van der Waals surface area contributed by atoms with Crippen LogP contribution in [0.4, 0.5) is 8.78 Å². The summed E-state index contributed by atoms with van der Waals surface area (Å²) in [7, 11) is 1.53. The molecule has 0 aliphatic heterocycles. The summed E-state index contributed by atoms with van der Waals surface area (Å²) in [5.41, 5.74) is 2.36. The summed E-state index contributed by atoms with van der Waals surface area (Å²) in [6.07, 6.45) is 0. The first-order chi connectivity index (χ1) is 13.5. The number of hydrogen-bond acceptors (Lipinski definition) is 2. The van der Waals surface area contributed by atoms with Gasteiger partial charge in [-0.15, -0.1) is 0 Å². The highest BCUT2D eigenvalue weighted by atomic mass is 35.5. The van der Waals surface area contributed by atoms with Gasteiger partial charge < -0.3 is 9.30 Å². The zero-order valence-electron chi connectivity index (χ0n) is 14.7. The molecule has 28 heavy (non-hydrogen) atoms. The van der Waals surface area contributed by atoms with Gasteiger partial charge in [-0.05, 0) is 35.9 Å².